The number of hydrogen-bond donors (Lipinski definition) is 0. The molecule has 4 aromatic rings. The van der Waals surface area contributed by atoms with Gasteiger partial charge in [-0.05, 0) is 59.7 Å². The van der Waals surface area contributed by atoms with Gasteiger partial charge >= 0.3 is 5.97 Å². The Morgan fingerprint density at radius 2 is 1.47 bits per heavy atom. The quantitative estimate of drug-likeness (QED) is 0.190. The lowest BCUT2D eigenvalue weighted by molar-refractivity contribution is -0.138. The molecule has 0 spiro atoms. The maximum absolute atomic E-state index is 13.4. The summed E-state index contributed by atoms with van der Waals surface area (Å²) >= 11 is 0. The third kappa shape index (κ3) is 4.96. The van der Waals surface area contributed by atoms with Crippen molar-refractivity contribution < 1.29 is 14.3 Å². The fourth-order valence-corrected chi connectivity index (χ4v) is 4.99. The van der Waals surface area contributed by atoms with E-state index in [1.165, 1.54) is 5.56 Å². The molecular formula is C33H30O3. The molecule has 180 valence electrons. The van der Waals surface area contributed by atoms with Gasteiger partial charge in [0.25, 0.3) is 0 Å². The molecule has 3 heteroatoms. The normalized spacial score (nSPS) is 14.4. The summed E-state index contributed by atoms with van der Waals surface area (Å²) in [4.78, 5) is 13.4. The molecule has 1 atom stereocenters. The highest BCUT2D eigenvalue weighted by atomic mass is 16.5. The first-order valence-corrected chi connectivity index (χ1v) is 12.6. The molecule has 1 unspecified atom stereocenters. The fourth-order valence-electron chi connectivity index (χ4n) is 4.99. The summed E-state index contributed by atoms with van der Waals surface area (Å²) in [5, 5.41) is 0. The van der Waals surface area contributed by atoms with Crippen LogP contribution in [0, 0.1) is 0 Å². The van der Waals surface area contributed by atoms with Crippen molar-refractivity contribution in [2.24, 2.45) is 0 Å². The molecule has 0 saturated carbocycles. The molecule has 0 fully saturated rings. The van der Waals surface area contributed by atoms with Crippen LogP contribution >= 0.6 is 0 Å². The lowest BCUT2D eigenvalue weighted by Gasteiger charge is -2.17. The van der Waals surface area contributed by atoms with Crippen molar-refractivity contribution in [3.05, 3.63) is 143 Å². The van der Waals surface area contributed by atoms with Crippen LogP contribution in [0.1, 0.15) is 47.1 Å². The highest BCUT2D eigenvalue weighted by molar-refractivity contribution is 6.07. The second-order valence-corrected chi connectivity index (χ2v) is 8.91. The van der Waals surface area contributed by atoms with Gasteiger partial charge in [0.15, 0.2) is 0 Å². The van der Waals surface area contributed by atoms with Gasteiger partial charge in [-0.2, -0.15) is 0 Å². The zero-order valence-electron chi connectivity index (χ0n) is 20.5. The van der Waals surface area contributed by atoms with Gasteiger partial charge in [-0.15, -0.1) is 0 Å². The molecule has 36 heavy (non-hydrogen) atoms. The number of fused-ring (bicyclic) bond motifs is 1. The van der Waals surface area contributed by atoms with E-state index < -0.39 is 0 Å². The minimum absolute atomic E-state index is 0.219. The van der Waals surface area contributed by atoms with Crippen LogP contribution in [0.5, 0.6) is 5.75 Å². The monoisotopic (exact) mass is 474 g/mol. The molecule has 5 rings (SSSR count). The molecule has 0 aromatic heterocycles. The van der Waals surface area contributed by atoms with Gasteiger partial charge in [-0.3, -0.25) is 0 Å². The molecule has 0 radical (unpaired) electrons. The summed E-state index contributed by atoms with van der Waals surface area (Å²) in [6, 6.07) is 37.0. The van der Waals surface area contributed by atoms with Crippen LogP contribution in [-0.4, -0.2) is 19.2 Å². The zero-order chi connectivity index (χ0) is 24.7. The van der Waals surface area contributed by atoms with Crippen molar-refractivity contribution in [2.45, 2.75) is 25.7 Å². The number of rotatable bonds is 9. The summed E-state index contributed by atoms with van der Waals surface area (Å²) < 4.78 is 11.8. The van der Waals surface area contributed by atoms with Crippen molar-refractivity contribution in [3.8, 4) is 5.75 Å². The van der Waals surface area contributed by atoms with E-state index in [9.17, 15) is 4.79 Å². The van der Waals surface area contributed by atoms with Crippen LogP contribution in [-0.2, 0) is 16.0 Å². The second-order valence-electron chi connectivity index (χ2n) is 8.91. The topological polar surface area (TPSA) is 35.5 Å². The lowest BCUT2D eigenvalue weighted by atomic mass is 9.88. The fraction of sp³-hybridized carbons (Fsp3) is 0.182. The van der Waals surface area contributed by atoms with E-state index >= 15 is 0 Å². The molecule has 4 aromatic carbocycles. The molecule has 0 bridgehead atoms. The Hall–Kier alpha value is -4.11. The van der Waals surface area contributed by atoms with Crippen LogP contribution in [0.4, 0.5) is 0 Å². The Labute approximate surface area is 213 Å². The average Bonchev–Trinajstić information content (AvgIpc) is 3.27. The van der Waals surface area contributed by atoms with E-state index in [4.69, 9.17) is 9.47 Å². The summed E-state index contributed by atoms with van der Waals surface area (Å²) in [5.41, 5.74) is 7.14. The largest absolute Gasteiger partial charge is 0.494 e. The number of aryl methyl sites for hydroxylation is 1. The standard InChI is InChI=1S/C33H30O3/c1-2-35-33(34)32-30(25-16-8-4-9-17-25)28-21-20-27(36-22-12-15-24-13-6-3-7-14-24)23-29(28)31(32)26-18-10-5-11-19-26/h3-11,13-14,16-21,23,31H,2,12,15,22H2,1H3. The first-order chi connectivity index (χ1) is 17.8. The highest BCUT2D eigenvalue weighted by Gasteiger charge is 2.38. The Bertz CT molecular complexity index is 1340. The predicted octanol–water partition coefficient (Wildman–Crippen LogP) is 7.21. The Morgan fingerprint density at radius 1 is 0.806 bits per heavy atom. The van der Waals surface area contributed by atoms with Crippen molar-refractivity contribution in [2.75, 3.05) is 13.2 Å². The minimum atomic E-state index is -0.272. The Balaban J connectivity index is 1.50. The molecule has 0 saturated heterocycles. The van der Waals surface area contributed by atoms with Crippen molar-refractivity contribution >= 4 is 11.5 Å². The number of carbonyl (C=O) groups excluding carboxylic acids is 1. The van der Waals surface area contributed by atoms with Gasteiger partial charge in [-0.1, -0.05) is 97.1 Å². The van der Waals surface area contributed by atoms with E-state index in [0.717, 1.165) is 46.4 Å². The van der Waals surface area contributed by atoms with Crippen LogP contribution in [0.2, 0.25) is 0 Å². The van der Waals surface area contributed by atoms with Gasteiger partial charge in [0.2, 0.25) is 0 Å². The van der Waals surface area contributed by atoms with E-state index in [0.29, 0.717) is 18.8 Å². The molecule has 3 nitrogen and oxygen atoms in total. The van der Waals surface area contributed by atoms with Crippen LogP contribution in [0.25, 0.3) is 5.57 Å². The van der Waals surface area contributed by atoms with Crippen LogP contribution in [0.3, 0.4) is 0 Å². The van der Waals surface area contributed by atoms with E-state index in [-0.39, 0.29) is 11.9 Å². The van der Waals surface area contributed by atoms with E-state index in [2.05, 4.69) is 60.7 Å². The van der Waals surface area contributed by atoms with Gasteiger partial charge < -0.3 is 9.47 Å². The van der Waals surface area contributed by atoms with Gasteiger partial charge in [0, 0.05) is 11.5 Å². The summed E-state index contributed by atoms with van der Waals surface area (Å²) in [7, 11) is 0. The molecule has 1 aliphatic carbocycles. The summed E-state index contributed by atoms with van der Waals surface area (Å²) in [5.74, 6) is 0.329. The van der Waals surface area contributed by atoms with Crippen LogP contribution < -0.4 is 4.74 Å². The molecule has 0 amide bonds. The lowest BCUT2D eigenvalue weighted by Crippen LogP contribution is -2.14. The summed E-state index contributed by atoms with van der Waals surface area (Å²) in [6.07, 6.45) is 1.91. The SMILES string of the molecule is CCOC(=O)C1=C(c2ccccc2)c2ccc(OCCCc3ccccc3)cc2C1c1ccccc1. The number of esters is 1. The van der Waals surface area contributed by atoms with E-state index in [1.807, 2.05) is 55.5 Å². The second kappa shape index (κ2) is 11.1. The number of ether oxygens (including phenoxy) is 2. The molecule has 0 N–H and O–H groups in total. The molecule has 0 aliphatic heterocycles. The molecule has 1 aliphatic rings. The number of hydrogen-bond acceptors (Lipinski definition) is 3. The summed E-state index contributed by atoms with van der Waals surface area (Å²) in [6.45, 7) is 2.81. The highest BCUT2D eigenvalue weighted by Crippen LogP contribution is 2.49. The number of carbonyl (C=O) groups is 1. The zero-order valence-corrected chi connectivity index (χ0v) is 20.5. The van der Waals surface area contributed by atoms with Crippen LogP contribution in [0.15, 0.2) is 115 Å². The maximum Gasteiger partial charge on any atom is 0.335 e. The first kappa shape index (κ1) is 23.6. The van der Waals surface area contributed by atoms with Crippen molar-refractivity contribution in [1.29, 1.82) is 0 Å². The van der Waals surface area contributed by atoms with E-state index in [1.54, 1.807) is 0 Å². The van der Waals surface area contributed by atoms with Crippen molar-refractivity contribution in [1.82, 2.24) is 0 Å². The number of benzene rings is 4. The van der Waals surface area contributed by atoms with Gasteiger partial charge in [-0.25, -0.2) is 4.79 Å². The van der Waals surface area contributed by atoms with Crippen molar-refractivity contribution in [3.63, 3.8) is 0 Å². The van der Waals surface area contributed by atoms with Gasteiger partial charge in [0.05, 0.1) is 18.8 Å². The van der Waals surface area contributed by atoms with Gasteiger partial charge in [0.1, 0.15) is 5.75 Å². The smallest absolute Gasteiger partial charge is 0.335 e. The molecule has 0 heterocycles. The third-order valence-electron chi connectivity index (χ3n) is 6.57. The minimum Gasteiger partial charge on any atom is -0.494 e. The Morgan fingerprint density at radius 3 is 2.17 bits per heavy atom. The Kier molecular flexibility index (Phi) is 7.28. The molecular weight excluding hydrogens is 444 g/mol. The predicted molar refractivity (Wildman–Crippen MR) is 144 cm³/mol. The third-order valence-corrected chi connectivity index (χ3v) is 6.57. The maximum atomic E-state index is 13.4. The average molecular weight is 475 g/mol. The first-order valence-electron chi connectivity index (χ1n) is 12.6.